The fourth-order valence-corrected chi connectivity index (χ4v) is 12.2. The van der Waals surface area contributed by atoms with Crippen molar-refractivity contribution in [3.63, 3.8) is 0 Å². The predicted octanol–water partition coefficient (Wildman–Crippen LogP) is 17.1. The number of carbonyl (C=O) groups is 2. The summed E-state index contributed by atoms with van der Waals surface area (Å²) in [4.78, 5) is 58.4. The van der Waals surface area contributed by atoms with Gasteiger partial charge in [0.2, 0.25) is 11.8 Å². The molecule has 2 fully saturated rings. The van der Waals surface area contributed by atoms with E-state index in [0.717, 1.165) is 50.1 Å². The molecule has 0 saturated carbocycles. The molecule has 0 bridgehead atoms. The van der Waals surface area contributed by atoms with Crippen molar-refractivity contribution in [2.24, 2.45) is 0 Å². The molecule has 2 aliphatic heterocycles. The summed E-state index contributed by atoms with van der Waals surface area (Å²) in [6, 6.07) is -6.54. The second-order valence-corrected chi connectivity index (χ2v) is 24.5. The fourth-order valence-electron chi connectivity index (χ4n) is 10.2. The number of thioether (sulfide) groups is 2. The zero-order valence-corrected chi connectivity index (χ0v) is 56.7. The van der Waals surface area contributed by atoms with E-state index in [9.17, 15) is 62.8 Å². The van der Waals surface area contributed by atoms with Crippen LogP contribution < -0.4 is 10.9 Å². The summed E-state index contributed by atoms with van der Waals surface area (Å²) in [6.07, 6.45) is -25.9. The summed E-state index contributed by atoms with van der Waals surface area (Å²) in [5, 5.41) is -1.82. The van der Waals surface area contributed by atoms with E-state index in [-0.39, 0.29) is 65.9 Å². The van der Waals surface area contributed by atoms with E-state index < -0.39 is 319 Å². The first-order valence-corrected chi connectivity index (χ1v) is 33.1. The van der Waals surface area contributed by atoms with Crippen LogP contribution >= 0.6 is 23.5 Å². The number of rotatable bonds is 24. The lowest BCUT2D eigenvalue weighted by atomic mass is 9.97. The maximum Gasteiger partial charge on any atom is 0.416 e. The SMILES string of the molecule is [2H]C1([2H])N(CCOC)C([2H])([2H])C([2H])([2H])C([2H])(N(Cc2ccc(-c3ccc(C(F)(F)F)cc3)cc2)C(=O)Cn2c(SCc3cccc(F)c3F)cc(=O)c3ccccc32)C1([2H])[2H].[2H]c1c([2H])c(F)c(F)c(CSc2c([2H])c(=O)c3c([2H])c([2H])c([2H])c([2H])c3n2CC(=O)N(Cc2c([2H])c([2H])c(-c3c([2H])c([2H])c(C(F)(F)F)c([2H])c3[2H])c([2H])c2C)C2([2H])C([2H])([2H])C([2H])([2H])N(CCOC)C([2H])([2H])C2([2H])[2H])c1[2H]. The number of amides is 2. The lowest BCUT2D eigenvalue weighted by molar-refractivity contribution is -0.138. The van der Waals surface area contributed by atoms with Crippen LogP contribution in [0.25, 0.3) is 44.1 Å². The molecule has 0 unspecified atom stereocenters. The molecule has 105 heavy (non-hydrogen) atoms. The third-order valence-electron chi connectivity index (χ3n) is 15.6. The molecule has 0 atom stereocenters. The largest absolute Gasteiger partial charge is 0.416 e. The monoisotopic (exact) mass is 1520 g/mol. The summed E-state index contributed by atoms with van der Waals surface area (Å²) in [5.41, 5.74) is -9.60. The number of ether oxygens (including phenoxy) is 2. The summed E-state index contributed by atoms with van der Waals surface area (Å²) in [7, 11) is 2.29. The zero-order chi connectivity index (χ0) is 104. The quantitative estimate of drug-likeness (QED) is 0.0428. The first-order chi connectivity index (χ1) is 63.5. The number of nitrogens with zero attached hydrogens (tertiary/aromatic N) is 6. The standard InChI is InChI=1S/C41H40F5N3O3S.C40H38F5N3O3S/c1-27-22-29(28-12-14-32(15-13-28)41(44,45)46)10-11-30(27)24-48(33-16-18-47(19-17-33)20-21-52-2)38(51)25-49-36-9-4-3-7-34(36)37(50)23-39(49)53-26-31-6-5-8-35(42)40(31)43;1-51-22-21-46-19-17-32(18-20-46)47(24-27-9-11-28(12-10-27)29-13-15-31(16-14-29)40(43,44)45)37(50)25-48-35-8-3-2-6-33(35)36(49)23-38(48)52-26-30-5-4-7-34(41)39(30)42/h3-15,22-23,33H,16-21,24-26H2,1-2H3;2-16,23,32H,17-22,24-26H2,1H3/i3D,4D,5D,6D,7D,8D,9D,10D,11D,12D,13D,14D,15D,16D2,17D2,18D2,19D2,22D,23D,33D;17D2,18D2,19D2,20D2,32D. The number of hydrogen-bond acceptors (Lipinski definition) is 10. The number of halogens is 10. The van der Waals surface area contributed by atoms with Crippen molar-refractivity contribution in [3.05, 3.63) is 270 Å². The molecular formula is C81H78F10N6O6S2. The number of likely N-dealkylation sites (tertiary alicyclic amines) is 2. The van der Waals surface area contributed by atoms with Crippen molar-refractivity contribution in [1.29, 1.82) is 0 Å². The van der Waals surface area contributed by atoms with Gasteiger partial charge in [-0.3, -0.25) is 19.2 Å². The molecule has 0 N–H and O–H groups in total. The highest BCUT2D eigenvalue weighted by Gasteiger charge is 2.34. The van der Waals surface area contributed by atoms with E-state index in [1.54, 1.807) is 12.1 Å². The van der Waals surface area contributed by atoms with Crippen LogP contribution in [0.5, 0.6) is 0 Å². The van der Waals surface area contributed by atoms with Gasteiger partial charge in [0, 0.05) is 146 Å². The third-order valence-corrected chi connectivity index (χ3v) is 17.8. The van der Waals surface area contributed by atoms with Gasteiger partial charge in [-0.1, -0.05) is 115 Å². The smallest absolute Gasteiger partial charge is 0.383 e. The van der Waals surface area contributed by atoms with Crippen LogP contribution in [-0.4, -0.2) is 119 Å². The number of pyridine rings is 2. The Bertz CT molecular complexity index is 6530. The molecule has 4 heterocycles. The molecule has 2 amide bonds. The number of aromatic nitrogens is 2. The first kappa shape index (κ1) is 44.8. The topological polar surface area (TPSA) is 110 Å². The number of hydrogen-bond donors (Lipinski definition) is 0. The Balaban J connectivity index is 0.000000272. The molecule has 12 nitrogen and oxygen atoms in total. The van der Waals surface area contributed by atoms with Gasteiger partial charge in [0.05, 0.1) is 68.7 Å². The third kappa shape index (κ3) is 19.3. The molecule has 2 saturated heterocycles. The maximum absolute atomic E-state index is 15.6. The van der Waals surface area contributed by atoms with Crippen molar-refractivity contribution in [3.8, 4) is 22.3 Å². The molecule has 0 aliphatic carbocycles. The zero-order valence-electron chi connectivity index (χ0n) is 88.0. The maximum atomic E-state index is 15.6. The van der Waals surface area contributed by atoms with Gasteiger partial charge in [0.1, 0.15) is 13.1 Å². The van der Waals surface area contributed by atoms with E-state index in [0.29, 0.717) is 20.6 Å². The molecule has 0 radical (unpaired) electrons. The Hall–Kier alpha value is -9.04. The van der Waals surface area contributed by atoms with E-state index in [1.165, 1.54) is 72.3 Å². The van der Waals surface area contributed by atoms with Crippen LogP contribution in [-0.2, 0) is 69.1 Å². The van der Waals surface area contributed by atoms with Crippen LogP contribution in [0.4, 0.5) is 43.9 Å². The van der Waals surface area contributed by atoms with Gasteiger partial charge in [-0.05, 0) is 132 Å². The number of carbonyl (C=O) groups excluding carboxylic acids is 2. The van der Waals surface area contributed by atoms with Gasteiger partial charge in [-0.25, -0.2) is 17.6 Å². The van der Waals surface area contributed by atoms with Gasteiger partial charge in [-0.2, -0.15) is 26.3 Å². The molecule has 2 aliphatic rings. The van der Waals surface area contributed by atoms with E-state index in [4.69, 9.17) is 41.0 Å². The molecular weight excluding hydrogens is 1410 g/mol. The number of fused-ring (bicyclic) bond motifs is 2. The minimum atomic E-state index is -5.46. The molecule has 8 aromatic carbocycles. The van der Waals surface area contributed by atoms with E-state index >= 15 is 14.0 Å². The van der Waals surface area contributed by atoms with Gasteiger partial charge in [-0.15, -0.1) is 23.5 Å². The van der Waals surface area contributed by atoms with Crippen molar-refractivity contribution < 1.29 is 108 Å². The lowest BCUT2D eigenvalue weighted by Gasteiger charge is -2.39. The highest BCUT2D eigenvalue weighted by atomic mass is 32.2. The highest BCUT2D eigenvalue weighted by Crippen LogP contribution is 2.36. The predicted molar refractivity (Wildman–Crippen MR) is 391 cm³/mol. The van der Waals surface area contributed by atoms with Crippen molar-refractivity contribution in [1.82, 2.24) is 28.7 Å². The number of benzene rings is 8. The minimum Gasteiger partial charge on any atom is -0.383 e. The second-order valence-electron chi connectivity index (χ2n) is 22.6. The Morgan fingerprint density at radius 3 is 1.70 bits per heavy atom. The molecule has 2 aromatic heterocycles. The summed E-state index contributed by atoms with van der Waals surface area (Å²) < 4.78 is 444. The highest BCUT2D eigenvalue weighted by molar-refractivity contribution is 7.98. The first-order valence-electron chi connectivity index (χ1n) is 47.6. The van der Waals surface area contributed by atoms with Crippen molar-refractivity contribution in [2.45, 2.75) is 105 Å². The number of piperidine rings is 2. The molecule has 24 heteroatoms. The number of alkyl halides is 6. The number of para-hydroxylation sites is 2. The average molecular weight is 1520 g/mol. The molecule has 10 aromatic rings. The van der Waals surface area contributed by atoms with Crippen LogP contribution in [0.1, 0.15) is 110 Å². The Morgan fingerprint density at radius 1 is 0.533 bits per heavy atom. The number of methoxy groups -OCH3 is 2. The summed E-state index contributed by atoms with van der Waals surface area (Å²) >= 11 is 0.937. The average Bonchev–Trinajstić information content (AvgIpc) is 0.668. The normalized spacial score (nSPS) is 23.2. The van der Waals surface area contributed by atoms with Crippen molar-refractivity contribution in [2.75, 3.05) is 66.5 Å². The summed E-state index contributed by atoms with van der Waals surface area (Å²) in [5.74, 6) is -10.5. The van der Waals surface area contributed by atoms with Crippen LogP contribution in [0.15, 0.2) is 207 Å². The molecule has 550 valence electrons. The van der Waals surface area contributed by atoms with Crippen LogP contribution in [0.3, 0.4) is 0 Å². The van der Waals surface area contributed by atoms with Gasteiger partial charge in [0.15, 0.2) is 34.1 Å². The fraction of sp³-hybridized carbons (Fsp3) is 0.309. The van der Waals surface area contributed by atoms with E-state index in [1.807, 2.05) is 0 Å². The van der Waals surface area contributed by atoms with Gasteiger partial charge < -0.3 is 38.2 Å². The van der Waals surface area contributed by atoms with Crippen LogP contribution in [0.2, 0.25) is 0 Å². The second kappa shape index (κ2) is 34.9. The summed E-state index contributed by atoms with van der Waals surface area (Å²) in [6.45, 7) is -21.4. The molecule has 0 spiro atoms. The van der Waals surface area contributed by atoms with E-state index in [2.05, 4.69) is 0 Å². The van der Waals surface area contributed by atoms with Gasteiger partial charge in [0.25, 0.3) is 0 Å². The van der Waals surface area contributed by atoms with Crippen molar-refractivity contribution >= 4 is 57.1 Å². The Kier molecular flexibility index (Phi) is 14.9. The van der Waals surface area contributed by atoms with Crippen LogP contribution in [0, 0.1) is 30.2 Å². The minimum absolute atomic E-state index is 0.0194. The Labute approximate surface area is 656 Å². The Morgan fingerprint density at radius 2 is 1.09 bits per heavy atom. The van der Waals surface area contributed by atoms with Gasteiger partial charge >= 0.3 is 12.4 Å². The molecule has 12 rings (SSSR count). The lowest BCUT2D eigenvalue weighted by Crippen LogP contribution is -2.48.